The number of hydrogen-bond donors (Lipinski definition) is 2. The zero-order chi connectivity index (χ0) is 15.8. The number of carboxylic acids is 1. The van der Waals surface area contributed by atoms with E-state index in [9.17, 15) is 22.8 Å². The molecule has 0 bridgehead atoms. The summed E-state index contributed by atoms with van der Waals surface area (Å²) < 4.78 is 39.2. The lowest BCUT2D eigenvalue weighted by atomic mass is 9.85. The molecule has 1 amide bonds. The Morgan fingerprint density at radius 2 is 1.76 bits per heavy atom. The van der Waals surface area contributed by atoms with E-state index in [1.165, 1.54) is 0 Å². The molecule has 1 saturated heterocycles. The van der Waals surface area contributed by atoms with Gasteiger partial charge in [-0.15, -0.1) is 0 Å². The summed E-state index contributed by atoms with van der Waals surface area (Å²) in [6, 6.07) is 0.0425. The molecule has 0 radical (unpaired) electrons. The number of amides is 1. The molecule has 0 spiro atoms. The molecule has 1 aliphatic heterocycles. The average Bonchev–Trinajstić information content (AvgIpc) is 2.84. The number of alkyl halides is 3. The summed E-state index contributed by atoms with van der Waals surface area (Å²) in [6.07, 6.45) is -2.97. The molecule has 3 N–H and O–H groups in total. The number of aliphatic carboxylic acids is 1. The van der Waals surface area contributed by atoms with Crippen molar-refractivity contribution in [3.8, 4) is 0 Å². The molecule has 120 valence electrons. The molecule has 2 rings (SSSR count). The number of nitrogens with zero attached hydrogens (tertiary/aromatic N) is 1. The third-order valence-electron chi connectivity index (χ3n) is 4.65. The summed E-state index contributed by atoms with van der Waals surface area (Å²) in [5.74, 6) is -2.60. The van der Waals surface area contributed by atoms with Crippen molar-refractivity contribution in [2.24, 2.45) is 17.1 Å². The first-order valence-electron chi connectivity index (χ1n) is 7.02. The lowest BCUT2D eigenvalue weighted by molar-refractivity contribution is -0.227. The lowest BCUT2D eigenvalue weighted by Crippen LogP contribution is -2.48. The largest absolute Gasteiger partial charge is 0.481 e. The van der Waals surface area contributed by atoms with Gasteiger partial charge in [-0.25, -0.2) is 0 Å². The maximum Gasteiger partial charge on any atom is 0.406 e. The SMILES string of the molecule is NC1CCC(C(=O)N2CCC(C(=O)O)(C(F)(F)F)C2)CC1. The average molecular weight is 308 g/mol. The van der Waals surface area contributed by atoms with Crippen LogP contribution < -0.4 is 5.73 Å². The van der Waals surface area contributed by atoms with Crippen LogP contribution in [0.25, 0.3) is 0 Å². The minimum Gasteiger partial charge on any atom is -0.481 e. The number of nitrogens with two attached hydrogens (primary N) is 1. The van der Waals surface area contributed by atoms with Gasteiger partial charge in [0.1, 0.15) is 0 Å². The molecule has 1 atom stereocenters. The molecule has 1 heterocycles. The summed E-state index contributed by atoms with van der Waals surface area (Å²) in [7, 11) is 0. The number of halogens is 3. The standard InChI is InChI=1S/C13H19F3N2O3/c14-13(15,16)12(11(20)21)5-6-18(7-12)10(19)8-1-3-9(17)4-2-8/h8-9H,1-7,17H2,(H,20,21). The minimum absolute atomic E-state index is 0.0425. The van der Waals surface area contributed by atoms with Crippen LogP contribution in [0.2, 0.25) is 0 Å². The van der Waals surface area contributed by atoms with Crippen LogP contribution in [0.5, 0.6) is 0 Å². The van der Waals surface area contributed by atoms with Crippen molar-refractivity contribution in [1.82, 2.24) is 4.90 Å². The summed E-state index contributed by atoms with van der Waals surface area (Å²) in [5.41, 5.74) is 2.91. The molecule has 1 aliphatic carbocycles. The Labute approximate surface area is 120 Å². The Morgan fingerprint density at radius 1 is 1.19 bits per heavy atom. The van der Waals surface area contributed by atoms with Crippen LogP contribution in [0.15, 0.2) is 0 Å². The van der Waals surface area contributed by atoms with Crippen LogP contribution in [0.4, 0.5) is 13.2 Å². The van der Waals surface area contributed by atoms with Crippen LogP contribution in [0.3, 0.4) is 0 Å². The monoisotopic (exact) mass is 308 g/mol. The van der Waals surface area contributed by atoms with Crippen molar-refractivity contribution in [2.75, 3.05) is 13.1 Å². The molecule has 0 aromatic carbocycles. The quantitative estimate of drug-likeness (QED) is 0.807. The molecule has 5 nitrogen and oxygen atoms in total. The molecule has 1 saturated carbocycles. The molecule has 1 unspecified atom stereocenters. The minimum atomic E-state index is -4.86. The molecular formula is C13H19F3N2O3. The van der Waals surface area contributed by atoms with Crippen molar-refractivity contribution in [3.63, 3.8) is 0 Å². The van der Waals surface area contributed by atoms with E-state index in [1.54, 1.807) is 0 Å². The van der Waals surface area contributed by atoms with Crippen molar-refractivity contribution >= 4 is 11.9 Å². The lowest BCUT2D eigenvalue weighted by Gasteiger charge is -2.30. The molecule has 0 aromatic heterocycles. The highest BCUT2D eigenvalue weighted by Crippen LogP contribution is 2.46. The van der Waals surface area contributed by atoms with Gasteiger partial charge in [0.15, 0.2) is 5.41 Å². The van der Waals surface area contributed by atoms with E-state index in [0.717, 1.165) is 4.90 Å². The zero-order valence-electron chi connectivity index (χ0n) is 11.5. The Morgan fingerprint density at radius 3 is 2.19 bits per heavy atom. The van der Waals surface area contributed by atoms with Crippen LogP contribution in [0, 0.1) is 11.3 Å². The maximum absolute atomic E-state index is 13.1. The fourth-order valence-corrected chi connectivity index (χ4v) is 3.15. The van der Waals surface area contributed by atoms with Crippen molar-refractivity contribution in [1.29, 1.82) is 0 Å². The van der Waals surface area contributed by atoms with E-state index in [2.05, 4.69) is 0 Å². The molecular weight excluding hydrogens is 289 g/mol. The zero-order valence-corrected chi connectivity index (χ0v) is 11.5. The van der Waals surface area contributed by atoms with Crippen molar-refractivity contribution in [2.45, 2.75) is 44.3 Å². The Kier molecular flexibility index (Phi) is 4.19. The number of carbonyl (C=O) groups excluding carboxylic acids is 1. The second-order valence-electron chi connectivity index (χ2n) is 6.01. The summed E-state index contributed by atoms with van der Waals surface area (Å²) in [6.45, 7) is -0.944. The first-order chi connectivity index (χ1) is 9.67. The topological polar surface area (TPSA) is 83.6 Å². The van der Waals surface area contributed by atoms with Gasteiger partial charge in [-0.3, -0.25) is 9.59 Å². The molecule has 2 fully saturated rings. The van der Waals surface area contributed by atoms with E-state index in [-0.39, 0.29) is 24.4 Å². The predicted octanol–water partition coefficient (Wildman–Crippen LogP) is 1.37. The summed E-state index contributed by atoms with van der Waals surface area (Å²) >= 11 is 0. The van der Waals surface area contributed by atoms with Gasteiger partial charge in [0, 0.05) is 25.0 Å². The normalized spacial score (nSPS) is 34.0. The number of carbonyl (C=O) groups is 2. The second-order valence-corrected chi connectivity index (χ2v) is 6.01. The van der Waals surface area contributed by atoms with Crippen molar-refractivity contribution in [3.05, 3.63) is 0 Å². The molecule has 21 heavy (non-hydrogen) atoms. The molecule has 8 heteroatoms. The van der Waals surface area contributed by atoms with E-state index < -0.39 is 30.5 Å². The summed E-state index contributed by atoms with van der Waals surface area (Å²) in [4.78, 5) is 24.4. The number of hydrogen-bond acceptors (Lipinski definition) is 3. The third-order valence-corrected chi connectivity index (χ3v) is 4.65. The third kappa shape index (κ3) is 2.86. The smallest absolute Gasteiger partial charge is 0.406 e. The van der Waals surface area contributed by atoms with Gasteiger partial charge in [-0.2, -0.15) is 13.2 Å². The number of carboxylic acid groups (broad SMARTS) is 1. The van der Waals surface area contributed by atoms with E-state index >= 15 is 0 Å². The number of rotatable bonds is 2. The number of likely N-dealkylation sites (tertiary alicyclic amines) is 1. The highest BCUT2D eigenvalue weighted by Gasteiger charge is 2.64. The van der Waals surface area contributed by atoms with Gasteiger partial charge in [-0.1, -0.05) is 0 Å². The fraction of sp³-hybridized carbons (Fsp3) is 0.846. The Hall–Kier alpha value is -1.31. The van der Waals surface area contributed by atoms with Gasteiger partial charge in [-0.05, 0) is 32.1 Å². The Balaban J connectivity index is 2.07. The van der Waals surface area contributed by atoms with E-state index in [0.29, 0.717) is 25.7 Å². The van der Waals surface area contributed by atoms with Crippen LogP contribution in [-0.2, 0) is 9.59 Å². The van der Waals surface area contributed by atoms with Crippen LogP contribution >= 0.6 is 0 Å². The maximum atomic E-state index is 13.1. The van der Waals surface area contributed by atoms with E-state index in [1.807, 2.05) is 0 Å². The highest BCUT2D eigenvalue weighted by molar-refractivity contribution is 5.82. The molecule has 2 aliphatic rings. The second kappa shape index (κ2) is 5.47. The van der Waals surface area contributed by atoms with Crippen molar-refractivity contribution < 1.29 is 27.9 Å². The highest BCUT2D eigenvalue weighted by atomic mass is 19.4. The van der Waals surface area contributed by atoms with Gasteiger partial charge in [0.2, 0.25) is 5.91 Å². The van der Waals surface area contributed by atoms with Crippen LogP contribution in [0.1, 0.15) is 32.1 Å². The van der Waals surface area contributed by atoms with E-state index in [4.69, 9.17) is 10.8 Å². The predicted molar refractivity (Wildman–Crippen MR) is 67.3 cm³/mol. The van der Waals surface area contributed by atoms with Gasteiger partial charge < -0.3 is 15.7 Å². The molecule has 0 aromatic rings. The Bertz CT molecular complexity index is 433. The van der Waals surface area contributed by atoms with Gasteiger partial charge in [0.05, 0.1) is 0 Å². The van der Waals surface area contributed by atoms with Gasteiger partial charge in [0.25, 0.3) is 0 Å². The first kappa shape index (κ1) is 16.1. The van der Waals surface area contributed by atoms with Crippen LogP contribution in [-0.4, -0.2) is 47.2 Å². The fourth-order valence-electron chi connectivity index (χ4n) is 3.15. The van der Waals surface area contributed by atoms with Gasteiger partial charge >= 0.3 is 12.1 Å². The summed E-state index contributed by atoms with van der Waals surface area (Å²) in [5, 5.41) is 8.97. The first-order valence-corrected chi connectivity index (χ1v) is 7.02.